The number of methoxy groups -OCH3 is 1. The average Bonchev–Trinajstić information content (AvgIpc) is 2.93. The number of anilines is 1. The number of rotatable bonds is 3. The minimum absolute atomic E-state index is 0.224. The molecule has 0 amide bonds. The number of hydrogen-bond acceptors (Lipinski definition) is 5. The van der Waals surface area contributed by atoms with Crippen LogP contribution in [0.25, 0.3) is 0 Å². The fourth-order valence-electron chi connectivity index (χ4n) is 1.54. The molecule has 1 heterocycles. The highest BCUT2D eigenvalue weighted by Crippen LogP contribution is 2.23. The van der Waals surface area contributed by atoms with E-state index in [2.05, 4.69) is 15.0 Å². The third-order valence-electron chi connectivity index (χ3n) is 2.66. The molecule has 3 N–H and O–H groups in total. The molecule has 0 aliphatic heterocycles. The zero-order valence-electron chi connectivity index (χ0n) is 9.36. The van der Waals surface area contributed by atoms with Crippen molar-refractivity contribution in [2.45, 2.75) is 25.4 Å². The van der Waals surface area contributed by atoms with E-state index >= 15 is 0 Å². The lowest BCUT2D eigenvalue weighted by molar-refractivity contribution is 0.0599. The minimum atomic E-state index is -0.361. The fraction of sp³-hybridized carbons (Fsp3) is 0.455. The molecule has 1 aromatic rings. The first-order chi connectivity index (χ1) is 7.61. The smallest absolute Gasteiger partial charge is 0.339 e. The monoisotopic (exact) mass is 221 g/mol. The molecule has 1 saturated carbocycles. The highest BCUT2D eigenvalue weighted by atomic mass is 16.5. The van der Waals surface area contributed by atoms with E-state index in [-0.39, 0.29) is 12.0 Å². The summed E-state index contributed by atoms with van der Waals surface area (Å²) in [6.07, 6.45) is 0.972. The van der Waals surface area contributed by atoms with E-state index < -0.39 is 0 Å². The van der Waals surface area contributed by atoms with Crippen LogP contribution in [0.15, 0.2) is 12.1 Å². The van der Waals surface area contributed by atoms with Crippen LogP contribution in [0.5, 0.6) is 0 Å². The summed E-state index contributed by atoms with van der Waals surface area (Å²) < 4.78 is 4.65. The molecule has 5 nitrogen and oxygen atoms in total. The van der Waals surface area contributed by atoms with Crippen LogP contribution < -0.4 is 11.1 Å². The van der Waals surface area contributed by atoms with Gasteiger partial charge in [0.1, 0.15) is 5.82 Å². The number of esters is 1. The van der Waals surface area contributed by atoms with Crippen molar-refractivity contribution in [3.8, 4) is 0 Å². The van der Waals surface area contributed by atoms with Crippen molar-refractivity contribution >= 4 is 11.8 Å². The Labute approximate surface area is 94.0 Å². The van der Waals surface area contributed by atoms with Crippen LogP contribution in [0.1, 0.15) is 22.5 Å². The topological polar surface area (TPSA) is 77.2 Å². The number of nitrogens with two attached hydrogens (primary N) is 1. The molecule has 5 heteroatoms. The summed E-state index contributed by atoms with van der Waals surface area (Å²) in [7, 11) is 1.36. The van der Waals surface area contributed by atoms with E-state index in [1.807, 2.05) is 0 Å². The van der Waals surface area contributed by atoms with Crippen molar-refractivity contribution in [3.05, 3.63) is 23.4 Å². The molecule has 0 saturated heterocycles. The average molecular weight is 221 g/mol. The van der Waals surface area contributed by atoms with Crippen LogP contribution in [0, 0.1) is 6.92 Å². The van der Waals surface area contributed by atoms with Crippen LogP contribution in [-0.4, -0.2) is 30.1 Å². The first-order valence-corrected chi connectivity index (χ1v) is 5.20. The summed E-state index contributed by atoms with van der Waals surface area (Å²) in [6.45, 7) is 1.78. The largest absolute Gasteiger partial charge is 0.465 e. The maximum Gasteiger partial charge on any atom is 0.339 e. The number of aromatic nitrogens is 1. The number of carbonyl (C=O) groups is 1. The molecular weight excluding hydrogens is 206 g/mol. The fourth-order valence-corrected chi connectivity index (χ4v) is 1.54. The second kappa shape index (κ2) is 4.09. The highest BCUT2D eigenvalue weighted by Gasteiger charge is 2.33. The first kappa shape index (κ1) is 10.9. The Bertz CT molecular complexity index is 420. The molecule has 1 fully saturated rings. The van der Waals surface area contributed by atoms with Gasteiger partial charge in [0.2, 0.25) is 0 Å². The van der Waals surface area contributed by atoms with Gasteiger partial charge in [-0.2, -0.15) is 0 Å². The van der Waals surface area contributed by atoms with E-state index in [1.54, 1.807) is 19.1 Å². The third kappa shape index (κ3) is 2.14. The molecule has 2 atom stereocenters. The minimum Gasteiger partial charge on any atom is -0.465 e. The summed E-state index contributed by atoms with van der Waals surface area (Å²) in [5.41, 5.74) is 6.84. The Morgan fingerprint density at radius 3 is 2.81 bits per heavy atom. The zero-order chi connectivity index (χ0) is 11.7. The summed E-state index contributed by atoms with van der Waals surface area (Å²) in [5, 5.41) is 3.20. The molecule has 0 aromatic carbocycles. The van der Waals surface area contributed by atoms with E-state index in [9.17, 15) is 4.79 Å². The van der Waals surface area contributed by atoms with Crippen molar-refractivity contribution in [1.29, 1.82) is 0 Å². The molecule has 0 bridgehead atoms. The van der Waals surface area contributed by atoms with E-state index in [0.29, 0.717) is 17.3 Å². The van der Waals surface area contributed by atoms with Crippen LogP contribution in [0.4, 0.5) is 5.82 Å². The molecule has 86 valence electrons. The molecule has 1 aromatic heterocycles. The first-order valence-electron chi connectivity index (χ1n) is 5.20. The molecule has 1 aliphatic rings. The van der Waals surface area contributed by atoms with Gasteiger partial charge in [-0.05, 0) is 25.5 Å². The number of nitrogens with one attached hydrogen (secondary N) is 1. The quantitative estimate of drug-likeness (QED) is 0.734. The lowest BCUT2D eigenvalue weighted by Gasteiger charge is -2.07. The SMILES string of the molecule is COC(=O)c1ccc(NC2CC2N)nc1C. The second-order valence-electron chi connectivity index (χ2n) is 3.97. The van der Waals surface area contributed by atoms with Gasteiger partial charge in [-0.15, -0.1) is 0 Å². The van der Waals surface area contributed by atoms with Gasteiger partial charge >= 0.3 is 5.97 Å². The Morgan fingerprint density at radius 1 is 1.62 bits per heavy atom. The normalized spacial score (nSPS) is 22.7. The number of pyridine rings is 1. The van der Waals surface area contributed by atoms with Gasteiger partial charge in [0, 0.05) is 12.1 Å². The number of aryl methyl sites for hydroxylation is 1. The predicted octanol–water partition coefficient (Wildman–Crippen LogP) is 0.688. The Morgan fingerprint density at radius 2 is 2.31 bits per heavy atom. The van der Waals surface area contributed by atoms with Crippen LogP contribution >= 0.6 is 0 Å². The van der Waals surface area contributed by atoms with Crippen molar-refractivity contribution < 1.29 is 9.53 Å². The molecule has 2 rings (SSSR count). The lowest BCUT2D eigenvalue weighted by Crippen LogP contribution is -2.15. The van der Waals surface area contributed by atoms with Crippen LogP contribution in [-0.2, 0) is 4.74 Å². The van der Waals surface area contributed by atoms with E-state index in [0.717, 1.165) is 12.2 Å². The maximum absolute atomic E-state index is 11.3. The zero-order valence-corrected chi connectivity index (χ0v) is 9.36. The number of hydrogen-bond donors (Lipinski definition) is 2. The Hall–Kier alpha value is -1.62. The second-order valence-corrected chi connectivity index (χ2v) is 3.97. The van der Waals surface area contributed by atoms with Gasteiger partial charge in [0.25, 0.3) is 0 Å². The summed E-state index contributed by atoms with van der Waals surface area (Å²) in [6, 6.07) is 4.02. The predicted molar refractivity (Wildman–Crippen MR) is 60.3 cm³/mol. The standard InChI is InChI=1S/C11H15N3O2/c1-6-7(11(15)16-2)3-4-10(13-6)14-9-5-8(9)12/h3-4,8-9H,5,12H2,1-2H3,(H,13,14). The molecule has 1 aliphatic carbocycles. The number of ether oxygens (including phenoxy) is 1. The molecular formula is C11H15N3O2. The van der Waals surface area contributed by atoms with Gasteiger partial charge in [-0.3, -0.25) is 0 Å². The Balaban J connectivity index is 2.12. The van der Waals surface area contributed by atoms with Crippen LogP contribution in [0.2, 0.25) is 0 Å². The molecule has 2 unspecified atom stereocenters. The van der Waals surface area contributed by atoms with Crippen molar-refractivity contribution in [1.82, 2.24) is 4.98 Å². The lowest BCUT2D eigenvalue weighted by atomic mass is 10.2. The van der Waals surface area contributed by atoms with E-state index in [1.165, 1.54) is 7.11 Å². The van der Waals surface area contributed by atoms with Gasteiger partial charge < -0.3 is 15.8 Å². The van der Waals surface area contributed by atoms with Gasteiger partial charge in [-0.1, -0.05) is 0 Å². The van der Waals surface area contributed by atoms with Crippen molar-refractivity contribution in [2.24, 2.45) is 5.73 Å². The molecule has 0 radical (unpaired) electrons. The molecule has 16 heavy (non-hydrogen) atoms. The van der Waals surface area contributed by atoms with Gasteiger partial charge in [-0.25, -0.2) is 9.78 Å². The molecule has 0 spiro atoms. The Kier molecular flexibility index (Phi) is 2.78. The number of carbonyl (C=O) groups excluding carboxylic acids is 1. The van der Waals surface area contributed by atoms with Crippen molar-refractivity contribution in [2.75, 3.05) is 12.4 Å². The van der Waals surface area contributed by atoms with E-state index in [4.69, 9.17) is 5.73 Å². The summed E-state index contributed by atoms with van der Waals surface area (Å²) >= 11 is 0. The van der Waals surface area contributed by atoms with Crippen molar-refractivity contribution in [3.63, 3.8) is 0 Å². The maximum atomic E-state index is 11.3. The summed E-state index contributed by atoms with van der Waals surface area (Å²) in [4.78, 5) is 15.6. The van der Waals surface area contributed by atoms with Crippen LogP contribution in [0.3, 0.4) is 0 Å². The third-order valence-corrected chi connectivity index (χ3v) is 2.66. The van der Waals surface area contributed by atoms with Gasteiger partial charge in [0.05, 0.1) is 18.4 Å². The number of nitrogens with zero attached hydrogens (tertiary/aromatic N) is 1. The highest BCUT2D eigenvalue weighted by molar-refractivity contribution is 5.90. The van der Waals surface area contributed by atoms with Gasteiger partial charge in [0.15, 0.2) is 0 Å². The summed E-state index contributed by atoms with van der Waals surface area (Å²) in [5.74, 6) is 0.391.